The highest BCUT2D eigenvalue weighted by Gasteiger charge is 2.26. The Bertz CT molecular complexity index is 704. The number of likely N-dealkylation sites (tertiary alicyclic amines) is 1. The number of piperidine rings is 1. The van der Waals surface area contributed by atoms with Gasteiger partial charge in [-0.15, -0.1) is 0 Å². The highest BCUT2D eigenvalue weighted by atomic mass is 16.3. The minimum atomic E-state index is -0.285. The number of nitrogens with zero attached hydrogens (tertiary/aromatic N) is 1. The molecule has 2 aromatic carbocycles. The first-order valence-corrected chi connectivity index (χ1v) is 9.46. The van der Waals surface area contributed by atoms with Crippen molar-refractivity contribution in [3.05, 3.63) is 77.9 Å². The zero-order chi connectivity index (χ0) is 18.2. The van der Waals surface area contributed by atoms with Crippen molar-refractivity contribution in [2.24, 2.45) is 5.92 Å². The lowest BCUT2D eigenvalue weighted by Crippen LogP contribution is -2.40. The molecule has 0 saturated carbocycles. The number of carbonyl (C=O) groups is 1. The van der Waals surface area contributed by atoms with Crippen LogP contribution >= 0.6 is 0 Å². The normalized spacial score (nSPS) is 16.7. The fraction of sp³-hybridized carbons (Fsp3) is 0.348. The average Bonchev–Trinajstić information content (AvgIpc) is 2.72. The van der Waals surface area contributed by atoms with E-state index in [9.17, 15) is 9.90 Å². The molecule has 1 heterocycles. The van der Waals surface area contributed by atoms with Crippen molar-refractivity contribution < 1.29 is 9.90 Å². The van der Waals surface area contributed by atoms with E-state index in [2.05, 4.69) is 12.1 Å². The molecule has 1 N–H and O–H groups in total. The molecule has 2 aromatic rings. The third-order valence-corrected chi connectivity index (χ3v) is 5.18. The molecule has 0 bridgehead atoms. The number of aryl methyl sites for hydroxylation is 1. The van der Waals surface area contributed by atoms with Crippen LogP contribution in [0.5, 0.6) is 0 Å². The largest absolute Gasteiger partial charge is 0.393 e. The Morgan fingerprint density at radius 3 is 2.31 bits per heavy atom. The van der Waals surface area contributed by atoms with Crippen molar-refractivity contribution in [2.45, 2.75) is 31.8 Å². The number of aliphatic hydroxyl groups excluding tert-OH is 1. The molecule has 0 spiro atoms. The minimum Gasteiger partial charge on any atom is -0.393 e. The van der Waals surface area contributed by atoms with Gasteiger partial charge >= 0.3 is 0 Å². The summed E-state index contributed by atoms with van der Waals surface area (Å²) in [4.78, 5) is 14.2. The smallest absolute Gasteiger partial charge is 0.246 e. The van der Waals surface area contributed by atoms with Crippen LogP contribution in [0, 0.1) is 5.92 Å². The van der Waals surface area contributed by atoms with Crippen LogP contribution in [0.3, 0.4) is 0 Å². The number of benzene rings is 2. The summed E-state index contributed by atoms with van der Waals surface area (Å²) in [5.41, 5.74) is 2.30. The molecule has 0 aromatic heterocycles. The molecular weight excluding hydrogens is 322 g/mol. The first-order valence-electron chi connectivity index (χ1n) is 9.46. The fourth-order valence-electron chi connectivity index (χ4n) is 3.54. The Hall–Kier alpha value is -2.39. The van der Waals surface area contributed by atoms with Gasteiger partial charge in [-0.3, -0.25) is 4.79 Å². The van der Waals surface area contributed by atoms with Crippen molar-refractivity contribution in [1.82, 2.24) is 4.90 Å². The maximum absolute atomic E-state index is 12.3. The van der Waals surface area contributed by atoms with Crippen molar-refractivity contribution in [3.63, 3.8) is 0 Å². The lowest BCUT2D eigenvalue weighted by molar-refractivity contribution is -0.127. The van der Waals surface area contributed by atoms with Crippen LogP contribution in [0.25, 0.3) is 6.08 Å². The Balaban J connectivity index is 1.43. The quantitative estimate of drug-likeness (QED) is 0.803. The second-order valence-corrected chi connectivity index (χ2v) is 7.00. The van der Waals surface area contributed by atoms with Crippen molar-refractivity contribution in [2.75, 3.05) is 13.1 Å². The minimum absolute atomic E-state index is 0.0612. The van der Waals surface area contributed by atoms with E-state index in [1.54, 1.807) is 6.08 Å². The molecule has 0 radical (unpaired) electrons. The zero-order valence-electron chi connectivity index (χ0n) is 15.1. The maximum Gasteiger partial charge on any atom is 0.246 e. The molecule has 1 aliphatic heterocycles. The highest BCUT2D eigenvalue weighted by Crippen LogP contribution is 2.24. The molecular formula is C23H27NO2. The van der Waals surface area contributed by atoms with Crippen LogP contribution in [-0.2, 0) is 11.2 Å². The predicted molar refractivity (Wildman–Crippen MR) is 106 cm³/mol. The van der Waals surface area contributed by atoms with Crippen molar-refractivity contribution in [3.8, 4) is 0 Å². The van der Waals surface area contributed by atoms with E-state index in [1.165, 1.54) is 5.56 Å². The molecule has 1 saturated heterocycles. The number of hydrogen-bond donors (Lipinski definition) is 1. The highest BCUT2D eigenvalue weighted by molar-refractivity contribution is 5.91. The molecule has 1 atom stereocenters. The third-order valence-electron chi connectivity index (χ3n) is 5.18. The number of amides is 1. The Morgan fingerprint density at radius 1 is 1.04 bits per heavy atom. The summed E-state index contributed by atoms with van der Waals surface area (Å²) in [6, 6.07) is 20.2. The van der Waals surface area contributed by atoms with Gasteiger partial charge in [0.05, 0.1) is 6.10 Å². The summed E-state index contributed by atoms with van der Waals surface area (Å²) < 4.78 is 0. The Kier molecular flexibility index (Phi) is 6.62. The van der Waals surface area contributed by atoms with Crippen molar-refractivity contribution in [1.29, 1.82) is 0 Å². The summed E-state index contributed by atoms with van der Waals surface area (Å²) >= 11 is 0. The van der Waals surface area contributed by atoms with Gasteiger partial charge in [-0.2, -0.15) is 0 Å². The first kappa shape index (κ1) is 18.4. The van der Waals surface area contributed by atoms with Gasteiger partial charge in [0.15, 0.2) is 0 Å². The second-order valence-electron chi connectivity index (χ2n) is 7.00. The zero-order valence-corrected chi connectivity index (χ0v) is 15.1. The number of hydrogen-bond acceptors (Lipinski definition) is 2. The molecule has 1 aliphatic rings. The van der Waals surface area contributed by atoms with Crippen LogP contribution in [0.15, 0.2) is 66.7 Å². The van der Waals surface area contributed by atoms with E-state index in [0.29, 0.717) is 5.92 Å². The molecule has 1 amide bonds. The monoisotopic (exact) mass is 349 g/mol. The fourth-order valence-corrected chi connectivity index (χ4v) is 3.54. The van der Waals surface area contributed by atoms with Crippen LogP contribution in [-0.4, -0.2) is 35.1 Å². The van der Waals surface area contributed by atoms with Gasteiger partial charge in [-0.05, 0) is 48.8 Å². The van der Waals surface area contributed by atoms with Crippen LogP contribution in [0.4, 0.5) is 0 Å². The molecule has 1 fully saturated rings. The van der Waals surface area contributed by atoms with Crippen LogP contribution < -0.4 is 0 Å². The van der Waals surface area contributed by atoms with E-state index < -0.39 is 0 Å². The molecule has 3 heteroatoms. The van der Waals surface area contributed by atoms with Crippen LogP contribution in [0.2, 0.25) is 0 Å². The van der Waals surface area contributed by atoms with E-state index >= 15 is 0 Å². The standard InChI is InChI=1S/C23H27NO2/c25-22(13-11-19-7-3-1-4-8-19)21-15-17-24(18-16-21)23(26)14-12-20-9-5-2-6-10-20/h1-10,12,14,21-22,25H,11,13,15-18H2/b14-12+/t22-/m0/s1. The summed E-state index contributed by atoms with van der Waals surface area (Å²) in [5.74, 6) is 0.354. The van der Waals surface area contributed by atoms with Gasteiger partial charge < -0.3 is 10.0 Å². The van der Waals surface area contributed by atoms with Gasteiger partial charge in [0, 0.05) is 19.2 Å². The Morgan fingerprint density at radius 2 is 1.65 bits per heavy atom. The molecule has 0 aliphatic carbocycles. The number of rotatable bonds is 6. The lowest BCUT2D eigenvalue weighted by atomic mass is 9.88. The second kappa shape index (κ2) is 9.35. The SMILES string of the molecule is O=C(/C=C/c1ccccc1)N1CCC([C@@H](O)CCc2ccccc2)CC1. The number of carbonyl (C=O) groups excluding carboxylic acids is 1. The van der Waals surface area contributed by atoms with E-state index in [0.717, 1.165) is 44.3 Å². The summed E-state index contributed by atoms with van der Waals surface area (Å²) in [7, 11) is 0. The molecule has 136 valence electrons. The van der Waals surface area contributed by atoms with Crippen LogP contribution in [0.1, 0.15) is 30.4 Å². The topological polar surface area (TPSA) is 40.5 Å². The lowest BCUT2D eigenvalue weighted by Gasteiger charge is -2.33. The molecule has 0 unspecified atom stereocenters. The summed E-state index contributed by atoms with van der Waals surface area (Å²) in [6.07, 6.45) is 6.68. The average molecular weight is 349 g/mol. The predicted octanol–water partition coefficient (Wildman–Crippen LogP) is 3.93. The molecule has 26 heavy (non-hydrogen) atoms. The van der Waals surface area contributed by atoms with E-state index in [4.69, 9.17) is 0 Å². The molecule has 3 rings (SSSR count). The Labute approximate surface area is 156 Å². The van der Waals surface area contributed by atoms with Gasteiger partial charge in [0.25, 0.3) is 0 Å². The first-order chi connectivity index (χ1) is 12.7. The maximum atomic E-state index is 12.3. The van der Waals surface area contributed by atoms with Crippen molar-refractivity contribution >= 4 is 12.0 Å². The van der Waals surface area contributed by atoms with Gasteiger partial charge in [0.1, 0.15) is 0 Å². The van der Waals surface area contributed by atoms with Gasteiger partial charge in [-0.25, -0.2) is 0 Å². The molecule has 3 nitrogen and oxygen atoms in total. The third kappa shape index (κ3) is 5.30. The van der Waals surface area contributed by atoms with E-state index in [1.807, 2.05) is 59.5 Å². The summed E-state index contributed by atoms with van der Waals surface area (Å²) in [6.45, 7) is 1.45. The summed E-state index contributed by atoms with van der Waals surface area (Å²) in [5, 5.41) is 10.5. The van der Waals surface area contributed by atoms with Gasteiger partial charge in [0.2, 0.25) is 5.91 Å². The number of aliphatic hydroxyl groups is 1. The van der Waals surface area contributed by atoms with Gasteiger partial charge in [-0.1, -0.05) is 60.7 Å². The van der Waals surface area contributed by atoms with E-state index in [-0.39, 0.29) is 12.0 Å².